The van der Waals surface area contributed by atoms with Crippen molar-refractivity contribution in [2.75, 3.05) is 13.6 Å². The summed E-state index contributed by atoms with van der Waals surface area (Å²) in [5.74, 6) is 0.954. The Morgan fingerprint density at radius 2 is 2.67 bits per heavy atom. The van der Waals surface area contributed by atoms with Crippen LogP contribution in [0.1, 0.15) is 6.92 Å². The van der Waals surface area contributed by atoms with Gasteiger partial charge in [-0.25, -0.2) is 0 Å². The van der Waals surface area contributed by atoms with E-state index >= 15 is 0 Å². The molecule has 0 bridgehead atoms. The van der Waals surface area contributed by atoms with Gasteiger partial charge in [-0.2, -0.15) is 0 Å². The van der Waals surface area contributed by atoms with Crippen LogP contribution in [0, 0.1) is 0 Å². The van der Waals surface area contributed by atoms with Crippen molar-refractivity contribution in [2.45, 2.75) is 13.0 Å². The lowest BCUT2D eigenvalue weighted by molar-refractivity contribution is 0.118. The summed E-state index contributed by atoms with van der Waals surface area (Å²) in [6.07, 6.45) is 2.05. The Bertz CT molecular complexity index is 122. The highest BCUT2D eigenvalue weighted by Crippen LogP contribution is 2.03. The van der Waals surface area contributed by atoms with Crippen LogP contribution in [-0.2, 0) is 4.84 Å². The van der Waals surface area contributed by atoms with Crippen LogP contribution < -0.4 is 10.8 Å². The Morgan fingerprint density at radius 1 is 1.89 bits per heavy atom. The quantitative estimate of drug-likeness (QED) is 0.549. The lowest BCUT2D eigenvalue weighted by atomic mass is 10.3. The van der Waals surface area contributed by atoms with Gasteiger partial charge in [-0.05, 0) is 20.0 Å². The molecule has 1 heterocycles. The molecule has 3 nitrogen and oxygen atoms in total. The second-order valence-corrected chi connectivity index (χ2v) is 2.16. The number of likely N-dealkylation sites (N-methyl/N-ethyl adjacent to an activating group) is 1. The minimum absolute atomic E-state index is 0.343. The molecule has 1 aliphatic rings. The monoisotopic (exact) mass is 128 g/mol. The van der Waals surface area contributed by atoms with Crippen LogP contribution in [-0.4, -0.2) is 19.6 Å². The molecule has 1 unspecified atom stereocenters. The van der Waals surface area contributed by atoms with E-state index in [1.165, 1.54) is 0 Å². The lowest BCUT2D eigenvalue weighted by Gasteiger charge is -2.04. The minimum Gasteiger partial charge on any atom is -0.413 e. The van der Waals surface area contributed by atoms with Gasteiger partial charge in [-0.3, -0.25) is 0 Å². The van der Waals surface area contributed by atoms with Gasteiger partial charge in [0, 0.05) is 6.54 Å². The number of hydrogen-bond donors (Lipinski definition) is 2. The third-order valence-corrected chi connectivity index (χ3v) is 1.23. The molecule has 1 atom stereocenters. The maximum atomic E-state index is 4.99. The van der Waals surface area contributed by atoms with Crippen molar-refractivity contribution in [2.24, 2.45) is 0 Å². The fraction of sp³-hybridized carbons (Fsp3) is 0.667. The van der Waals surface area contributed by atoms with Crippen molar-refractivity contribution in [1.82, 2.24) is 10.8 Å². The molecule has 0 fully saturated rings. The van der Waals surface area contributed by atoms with E-state index in [9.17, 15) is 0 Å². The van der Waals surface area contributed by atoms with E-state index in [0.717, 1.165) is 12.3 Å². The summed E-state index contributed by atoms with van der Waals surface area (Å²) in [6, 6.07) is 0.343. The maximum Gasteiger partial charge on any atom is 0.118 e. The Morgan fingerprint density at radius 3 is 3.11 bits per heavy atom. The first-order valence-electron chi connectivity index (χ1n) is 3.08. The Balaban J connectivity index is 2.29. The van der Waals surface area contributed by atoms with Crippen molar-refractivity contribution < 1.29 is 4.84 Å². The highest BCUT2D eigenvalue weighted by Gasteiger charge is 2.11. The van der Waals surface area contributed by atoms with Crippen LogP contribution in [0.15, 0.2) is 11.8 Å². The van der Waals surface area contributed by atoms with E-state index in [1.807, 2.05) is 14.0 Å². The summed E-state index contributed by atoms with van der Waals surface area (Å²) in [7, 11) is 1.92. The van der Waals surface area contributed by atoms with Gasteiger partial charge < -0.3 is 10.2 Å². The second kappa shape index (κ2) is 2.85. The summed E-state index contributed by atoms with van der Waals surface area (Å²) < 4.78 is 0. The molecule has 3 heteroatoms. The van der Waals surface area contributed by atoms with Crippen molar-refractivity contribution >= 4 is 0 Å². The minimum atomic E-state index is 0.343. The predicted molar refractivity (Wildman–Crippen MR) is 35.7 cm³/mol. The fourth-order valence-electron chi connectivity index (χ4n) is 0.840. The molecular weight excluding hydrogens is 116 g/mol. The molecular formula is C6H12N2O. The average molecular weight is 128 g/mol. The zero-order chi connectivity index (χ0) is 6.69. The fourth-order valence-corrected chi connectivity index (χ4v) is 0.840. The lowest BCUT2D eigenvalue weighted by Crippen LogP contribution is -2.31. The number of allylic oxidation sites excluding steroid dienone is 1. The van der Waals surface area contributed by atoms with Gasteiger partial charge in [-0.1, -0.05) is 0 Å². The van der Waals surface area contributed by atoms with Crippen molar-refractivity contribution in [3.8, 4) is 0 Å². The smallest absolute Gasteiger partial charge is 0.118 e. The predicted octanol–water partition coefficient (Wildman–Crippen LogP) is 0.0130. The number of hydrogen-bond acceptors (Lipinski definition) is 3. The van der Waals surface area contributed by atoms with Crippen LogP contribution in [0.5, 0.6) is 0 Å². The molecule has 0 aromatic heterocycles. The zero-order valence-electron chi connectivity index (χ0n) is 5.77. The SMILES string of the molecule is CNCC1C=C(C)ON1. The Labute approximate surface area is 55.0 Å². The molecule has 0 saturated carbocycles. The molecule has 1 rings (SSSR count). The summed E-state index contributed by atoms with van der Waals surface area (Å²) in [5.41, 5.74) is 2.85. The highest BCUT2D eigenvalue weighted by atomic mass is 16.7. The Kier molecular flexibility index (Phi) is 2.08. The van der Waals surface area contributed by atoms with Gasteiger partial charge in [0.25, 0.3) is 0 Å². The summed E-state index contributed by atoms with van der Waals surface area (Å²) in [4.78, 5) is 4.99. The standard InChI is InChI=1S/C6H12N2O/c1-5-3-6(4-7-2)8-9-5/h3,6-8H,4H2,1-2H3. The van der Waals surface area contributed by atoms with Gasteiger partial charge in [0.2, 0.25) is 0 Å². The number of hydroxylamine groups is 1. The number of nitrogens with one attached hydrogen (secondary N) is 2. The topological polar surface area (TPSA) is 33.3 Å². The molecule has 52 valence electrons. The molecule has 0 aromatic carbocycles. The van der Waals surface area contributed by atoms with Crippen LogP contribution >= 0.6 is 0 Å². The molecule has 1 aliphatic heterocycles. The molecule has 0 radical (unpaired) electrons. The summed E-state index contributed by atoms with van der Waals surface area (Å²) in [5, 5.41) is 3.04. The average Bonchev–Trinajstić information content (AvgIpc) is 2.17. The second-order valence-electron chi connectivity index (χ2n) is 2.16. The molecule has 0 aliphatic carbocycles. The first-order chi connectivity index (χ1) is 4.33. The van der Waals surface area contributed by atoms with Gasteiger partial charge in [-0.15, -0.1) is 5.48 Å². The molecule has 0 aromatic rings. The van der Waals surface area contributed by atoms with Crippen LogP contribution in [0.4, 0.5) is 0 Å². The molecule has 9 heavy (non-hydrogen) atoms. The van der Waals surface area contributed by atoms with Crippen molar-refractivity contribution in [1.29, 1.82) is 0 Å². The first-order valence-corrected chi connectivity index (χ1v) is 3.08. The van der Waals surface area contributed by atoms with Crippen LogP contribution in [0.25, 0.3) is 0 Å². The van der Waals surface area contributed by atoms with Crippen LogP contribution in [0.3, 0.4) is 0 Å². The van der Waals surface area contributed by atoms with Gasteiger partial charge in [0.15, 0.2) is 0 Å². The van der Waals surface area contributed by atoms with Gasteiger partial charge >= 0.3 is 0 Å². The summed E-state index contributed by atoms with van der Waals surface area (Å²) >= 11 is 0. The van der Waals surface area contributed by atoms with Crippen LogP contribution in [0.2, 0.25) is 0 Å². The van der Waals surface area contributed by atoms with E-state index in [2.05, 4.69) is 16.9 Å². The normalized spacial score (nSPS) is 25.6. The molecule has 0 saturated heterocycles. The van der Waals surface area contributed by atoms with Gasteiger partial charge in [0.1, 0.15) is 5.76 Å². The van der Waals surface area contributed by atoms with Gasteiger partial charge in [0.05, 0.1) is 6.04 Å². The van der Waals surface area contributed by atoms with E-state index in [1.54, 1.807) is 0 Å². The first kappa shape index (κ1) is 6.58. The zero-order valence-corrected chi connectivity index (χ0v) is 5.77. The Hall–Kier alpha value is -0.540. The van der Waals surface area contributed by atoms with Crippen molar-refractivity contribution in [3.05, 3.63) is 11.8 Å². The maximum absolute atomic E-state index is 4.99. The van der Waals surface area contributed by atoms with E-state index in [0.29, 0.717) is 6.04 Å². The van der Waals surface area contributed by atoms with Crippen molar-refractivity contribution in [3.63, 3.8) is 0 Å². The van der Waals surface area contributed by atoms with E-state index in [4.69, 9.17) is 4.84 Å². The van der Waals surface area contributed by atoms with E-state index in [-0.39, 0.29) is 0 Å². The number of rotatable bonds is 2. The third kappa shape index (κ3) is 1.69. The highest BCUT2D eigenvalue weighted by molar-refractivity contribution is 5.01. The molecule has 2 N–H and O–H groups in total. The van der Waals surface area contributed by atoms with E-state index < -0.39 is 0 Å². The molecule has 0 spiro atoms. The molecule has 0 amide bonds. The third-order valence-electron chi connectivity index (χ3n) is 1.23. The summed E-state index contributed by atoms with van der Waals surface area (Å²) in [6.45, 7) is 2.85. The largest absolute Gasteiger partial charge is 0.413 e.